The second kappa shape index (κ2) is 2.92. The largest absolute Gasteiger partial charge is 0.319 e. The zero-order valence-electron chi connectivity index (χ0n) is 8.62. The molecule has 2 aliphatic rings. The maximum absolute atomic E-state index is 11.5. The van der Waals surface area contributed by atoms with E-state index in [0.29, 0.717) is 11.7 Å². The quantitative estimate of drug-likeness (QED) is 0.756. The van der Waals surface area contributed by atoms with E-state index in [9.17, 15) is 4.79 Å². The maximum Gasteiger partial charge on any atom is 0.251 e. The van der Waals surface area contributed by atoms with Crippen LogP contribution < -0.4 is 11.3 Å². The van der Waals surface area contributed by atoms with E-state index in [-0.39, 0.29) is 11.1 Å². The number of hydrogen-bond donors (Lipinski definition) is 2. The summed E-state index contributed by atoms with van der Waals surface area (Å²) in [6.07, 6.45) is 5.32. The molecule has 0 bridgehead atoms. The van der Waals surface area contributed by atoms with Crippen molar-refractivity contribution in [3.8, 4) is 0 Å². The molecular formula is C11H15N3O. The molecule has 0 spiro atoms. The van der Waals surface area contributed by atoms with E-state index in [1.165, 1.54) is 0 Å². The smallest absolute Gasteiger partial charge is 0.251 e. The van der Waals surface area contributed by atoms with Gasteiger partial charge in [0.2, 0.25) is 0 Å². The summed E-state index contributed by atoms with van der Waals surface area (Å²) in [4.78, 5) is 18.8. The summed E-state index contributed by atoms with van der Waals surface area (Å²) in [6, 6.07) is 1.61. The van der Waals surface area contributed by atoms with Crippen LogP contribution >= 0.6 is 0 Å². The van der Waals surface area contributed by atoms with E-state index in [4.69, 9.17) is 5.73 Å². The fraction of sp³-hybridized carbons (Fsp3) is 0.636. The Morgan fingerprint density at radius 3 is 2.73 bits per heavy atom. The van der Waals surface area contributed by atoms with E-state index in [0.717, 1.165) is 37.8 Å². The Labute approximate surface area is 87.9 Å². The monoisotopic (exact) mass is 205 g/mol. The first-order valence-electron chi connectivity index (χ1n) is 5.58. The molecule has 0 saturated heterocycles. The third-order valence-corrected chi connectivity index (χ3v) is 3.47. The SMILES string of the molecule is NC1(c2nc(C3CC3)cc(=O)[nH]2)CCC1. The number of H-pyrrole nitrogens is 1. The number of rotatable bonds is 2. The summed E-state index contributed by atoms with van der Waals surface area (Å²) >= 11 is 0. The predicted molar refractivity (Wildman–Crippen MR) is 56.5 cm³/mol. The van der Waals surface area contributed by atoms with Crippen molar-refractivity contribution in [2.24, 2.45) is 5.73 Å². The van der Waals surface area contributed by atoms with Crippen molar-refractivity contribution in [2.75, 3.05) is 0 Å². The molecule has 0 aromatic carbocycles. The lowest BCUT2D eigenvalue weighted by Gasteiger charge is -2.36. The van der Waals surface area contributed by atoms with Gasteiger partial charge in [0.1, 0.15) is 5.82 Å². The van der Waals surface area contributed by atoms with Crippen LogP contribution in [0.5, 0.6) is 0 Å². The number of aromatic amines is 1. The van der Waals surface area contributed by atoms with Crippen molar-refractivity contribution in [1.82, 2.24) is 9.97 Å². The number of nitrogens with zero attached hydrogens (tertiary/aromatic N) is 1. The summed E-state index contributed by atoms with van der Waals surface area (Å²) in [6.45, 7) is 0. The van der Waals surface area contributed by atoms with E-state index >= 15 is 0 Å². The highest BCUT2D eigenvalue weighted by molar-refractivity contribution is 5.18. The normalized spacial score (nSPS) is 23.5. The molecule has 0 aliphatic heterocycles. The zero-order valence-corrected chi connectivity index (χ0v) is 8.62. The molecule has 15 heavy (non-hydrogen) atoms. The molecule has 80 valence electrons. The highest BCUT2D eigenvalue weighted by Crippen LogP contribution is 2.40. The number of aromatic nitrogens is 2. The van der Waals surface area contributed by atoms with Gasteiger partial charge in [-0.1, -0.05) is 0 Å². The van der Waals surface area contributed by atoms with E-state index in [1.807, 2.05) is 0 Å². The van der Waals surface area contributed by atoms with Crippen LogP contribution in [0, 0.1) is 0 Å². The topological polar surface area (TPSA) is 71.8 Å². The third-order valence-electron chi connectivity index (χ3n) is 3.47. The Morgan fingerprint density at radius 2 is 2.20 bits per heavy atom. The predicted octanol–water partition coefficient (Wildman–Crippen LogP) is 0.985. The minimum atomic E-state index is -0.357. The molecule has 0 unspecified atom stereocenters. The molecule has 1 aromatic heterocycles. The first-order valence-corrected chi connectivity index (χ1v) is 5.58. The first kappa shape index (κ1) is 9.09. The Balaban J connectivity index is 2.03. The van der Waals surface area contributed by atoms with Crippen LogP contribution in [0.25, 0.3) is 0 Å². The van der Waals surface area contributed by atoms with Gasteiger partial charge in [0.15, 0.2) is 0 Å². The zero-order chi connectivity index (χ0) is 10.5. The Hall–Kier alpha value is -1.16. The average molecular weight is 205 g/mol. The molecule has 0 amide bonds. The van der Waals surface area contributed by atoms with Gasteiger partial charge in [-0.15, -0.1) is 0 Å². The van der Waals surface area contributed by atoms with Gasteiger partial charge < -0.3 is 10.7 Å². The minimum absolute atomic E-state index is 0.0568. The van der Waals surface area contributed by atoms with Gasteiger partial charge in [0.05, 0.1) is 11.2 Å². The van der Waals surface area contributed by atoms with Gasteiger partial charge in [0.25, 0.3) is 5.56 Å². The summed E-state index contributed by atoms with van der Waals surface area (Å²) in [5.74, 6) is 1.21. The van der Waals surface area contributed by atoms with Crippen LogP contribution in [0.2, 0.25) is 0 Å². The molecule has 2 aliphatic carbocycles. The van der Waals surface area contributed by atoms with E-state index in [2.05, 4.69) is 9.97 Å². The van der Waals surface area contributed by atoms with Crippen molar-refractivity contribution in [3.05, 3.63) is 27.9 Å². The second-order valence-electron chi connectivity index (χ2n) is 4.80. The van der Waals surface area contributed by atoms with Gasteiger partial charge in [-0.3, -0.25) is 4.79 Å². The molecular weight excluding hydrogens is 190 g/mol. The summed E-state index contributed by atoms with van der Waals surface area (Å²) in [5.41, 5.74) is 6.67. The summed E-state index contributed by atoms with van der Waals surface area (Å²) in [7, 11) is 0. The minimum Gasteiger partial charge on any atom is -0.319 e. The molecule has 2 fully saturated rings. The van der Waals surface area contributed by atoms with Gasteiger partial charge in [0, 0.05) is 12.0 Å². The Bertz CT molecular complexity index is 443. The third kappa shape index (κ3) is 1.49. The van der Waals surface area contributed by atoms with Crippen molar-refractivity contribution in [3.63, 3.8) is 0 Å². The molecule has 1 aromatic rings. The van der Waals surface area contributed by atoms with Crippen molar-refractivity contribution >= 4 is 0 Å². The summed E-state index contributed by atoms with van der Waals surface area (Å²) < 4.78 is 0. The standard InChI is InChI=1S/C11H15N3O/c12-11(4-1-5-11)10-13-8(7-2-3-7)6-9(15)14-10/h6-7H,1-5,12H2,(H,13,14,15). The van der Waals surface area contributed by atoms with E-state index in [1.54, 1.807) is 6.07 Å². The van der Waals surface area contributed by atoms with Crippen LogP contribution in [-0.2, 0) is 5.54 Å². The second-order valence-corrected chi connectivity index (χ2v) is 4.80. The molecule has 1 heterocycles. The van der Waals surface area contributed by atoms with Gasteiger partial charge in [-0.2, -0.15) is 0 Å². The Morgan fingerprint density at radius 1 is 1.47 bits per heavy atom. The van der Waals surface area contributed by atoms with Gasteiger partial charge in [-0.25, -0.2) is 4.98 Å². The summed E-state index contributed by atoms with van der Waals surface area (Å²) in [5, 5.41) is 0. The molecule has 3 rings (SSSR count). The number of nitrogens with one attached hydrogen (secondary N) is 1. The fourth-order valence-corrected chi connectivity index (χ4v) is 2.09. The highest BCUT2D eigenvalue weighted by atomic mass is 16.1. The maximum atomic E-state index is 11.5. The van der Waals surface area contributed by atoms with Crippen LogP contribution in [0.15, 0.2) is 10.9 Å². The molecule has 0 atom stereocenters. The highest BCUT2D eigenvalue weighted by Gasteiger charge is 2.38. The lowest BCUT2D eigenvalue weighted by molar-refractivity contribution is 0.237. The van der Waals surface area contributed by atoms with E-state index < -0.39 is 0 Å². The lowest BCUT2D eigenvalue weighted by atomic mass is 9.77. The molecule has 4 heteroatoms. The van der Waals surface area contributed by atoms with Crippen LogP contribution in [-0.4, -0.2) is 9.97 Å². The molecule has 3 N–H and O–H groups in total. The molecule has 0 radical (unpaired) electrons. The molecule has 4 nitrogen and oxygen atoms in total. The van der Waals surface area contributed by atoms with Gasteiger partial charge >= 0.3 is 0 Å². The van der Waals surface area contributed by atoms with Crippen molar-refractivity contribution < 1.29 is 0 Å². The number of nitrogens with two attached hydrogens (primary N) is 1. The van der Waals surface area contributed by atoms with Crippen LogP contribution in [0.1, 0.15) is 49.5 Å². The van der Waals surface area contributed by atoms with Crippen LogP contribution in [0.4, 0.5) is 0 Å². The fourth-order valence-electron chi connectivity index (χ4n) is 2.09. The van der Waals surface area contributed by atoms with Crippen LogP contribution in [0.3, 0.4) is 0 Å². The van der Waals surface area contributed by atoms with Gasteiger partial charge in [-0.05, 0) is 32.1 Å². The lowest BCUT2D eigenvalue weighted by Crippen LogP contribution is -2.46. The van der Waals surface area contributed by atoms with Crippen molar-refractivity contribution in [1.29, 1.82) is 0 Å². The van der Waals surface area contributed by atoms with Crippen molar-refractivity contribution in [2.45, 2.75) is 43.6 Å². The molecule has 2 saturated carbocycles. The first-order chi connectivity index (χ1) is 7.17. The average Bonchev–Trinajstić information content (AvgIpc) is 2.96. The number of hydrogen-bond acceptors (Lipinski definition) is 3. The Kier molecular flexibility index (Phi) is 1.77.